The van der Waals surface area contributed by atoms with Gasteiger partial charge in [-0.25, -0.2) is 0 Å². The number of pyridine rings is 1. The van der Waals surface area contributed by atoms with Gasteiger partial charge in [0.05, 0.1) is 12.5 Å². The highest BCUT2D eigenvalue weighted by atomic mass is 16.2. The first-order valence-corrected chi connectivity index (χ1v) is 5.65. The largest absolute Gasteiger partial charge is 0.321 e. The fraction of sp³-hybridized carbons (Fsp3) is 0.0714. The summed E-state index contributed by atoms with van der Waals surface area (Å²) in [4.78, 5) is 25.4. The average Bonchev–Trinajstić information content (AvgIpc) is 2.41. The molecule has 1 aromatic carbocycles. The lowest BCUT2D eigenvalue weighted by atomic mass is 10.1. The molecular weight excluding hydrogens is 242 g/mol. The second-order valence-electron chi connectivity index (χ2n) is 3.91. The standard InChI is InChI=1S/C14H11N3O2/c15-9-8-10-4-6-11(7-5-10)16-14(19)12-2-1-3-13(18)17-12/h1-7H,8H2,(H,16,19)(H,17,18). The molecule has 5 nitrogen and oxygen atoms in total. The molecule has 0 aliphatic rings. The molecule has 2 aromatic rings. The van der Waals surface area contributed by atoms with Gasteiger partial charge in [0.15, 0.2) is 0 Å². The van der Waals surface area contributed by atoms with Crippen LogP contribution in [0.15, 0.2) is 47.3 Å². The van der Waals surface area contributed by atoms with Crippen LogP contribution in [0.1, 0.15) is 16.1 Å². The SMILES string of the molecule is N#CCc1ccc(NC(=O)c2cccc(=O)[nH]2)cc1. The van der Waals surface area contributed by atoms with Crippen LogP contribution < -0.4 is 10.9 Å². The first kappa shape index (κ1) is 12.6. The number of nitriles is 1. The van der Waals surface area contributed by atoms with Crippen molar-refractivity contribution in [1.82, 2.24) is 4.98 Å². The number of aromatic nitrogens is 1. The fourth-order valence-electron chi connectivity index (χ4n) is 1.58. The highest BCUT2D eigenvalue weighted by molar-refractivity contribution is 6.02. The van der Waals surface area contributed by atoms with Crippen LogP contribution in [0.3, 0.4) is 0 Å². The smallest absolute Gasteiger partial charge is 0.272 e. The van der Waals surface area contributed by atoms with Gasteiger partial charge >= 0.3 is 0 Å². The van der Waals surface area contributed by atoms with Crippen molar-refractivity contribution in [3.63, 3.8) is 0 Å². The predicted octanol–water partition coefficient (Wildman–Crippen LogP) is 1.69. The molecule has 2 N–H and O–H groups in total. The number of nitrogens with one attached hydrogen (secondary N) is 2. The number of anilines is 1. The van der Waals surface area contributed by atoms with Crippen molar-refractivity contribution in [3.05, 3.63) is 64.1 Å². The maximum absolute atomic E-state index is 11.8. The van der Waals surface area contributed by atoms with Crippen LogP contribution in [0.25, 0.3) is 0 Å². The van der Waals surface area contributed by atoms with Gasteiger partial charge in [0.1, 0.15) is 5.69 Å². The van der Waals surface area contributed by atoms with Crippen molar-refractivity contribution in [1.29, 1.82) is 5.26 Å². The number of rotatable bonds is 3. The highest BCUT2D eigenvalue weighted by Gasteiger charge is 2.06. The number of benzene rings is 1. The molecule has 0 saturated heterocycles. The lowest BCUT2D eigenvalue weighted by molar-refractivity contribution is 0.102. The number of amides is 1. The lowest BCUT2D eigenvalue weighted by Gasteiger charge is -2.05. The van der Waals surface area contributed by atoms with E-state index in [4.69, 9.17) is 5.26 Å². The molecule has 0 aliphatic carbocycles. The van der Waals surface area contributed by atoms with Crippen molar-refractivity contribution in [3.8, 4) is 6.07 Å². The lowest BCUT2D eigenvalue weighted by Crippen LogP contribution is -2.17. The minimum absolute atomic E-state index is 0.202. The molecule has 0 bridgehead atoms. The molecular formula is C14H11N3O2. The van der Waals surface area contributed by atoms with Gasteiger partial charge in [0, 0.05) is 11.8 Å². The van der Waals surface area contributed by atoms with Gasteiger partial charge in [-0.15, -0.1) is 0 Å². The van der Waals surface area contributed by atoms with Crippen LogP contribution in [0.4, 0.5) is 5.69 Å². The Labute approximate surface area is 109 Å². The zero-order valence-corrected chi connectivity index (χ0v) is 10.0. The molecule has 0 fully saturated rings. The number of hydrogen-bond donors (Lipinski definition) is 2. The topological polar surface area (TPSA) is 85.8 Å². The Hall–Kier alpha value is -2.87. The molecule has 5 heteroatoms. The highest BCUT2D eigenvalue weighted by Crippen LogP contribution is 2.10. The van der Waals surface area contributed by atoms with Crippen LogP contribution in [0.2, 0.25) is 0 Å². The van der Waals surface area contributed by atoms with Crippen LogP contribution in [-0.4, -0.2) is 10.9 Å². The monoisotopic (exact) mass is 253 g/mol. The molecule has 1 amide bonds. The first-order chi connectivity index (χ1) is 9.19. The normalized spacial score (nSPS) is 9.63. The fourth-order valence-corrected chi connectivity index (χ4v) is 1.58. The zero-order valence-electron chi connectivity index (χ0n) is 10.0. The Morgan fingerprint density at radius 1 is 1.21 bits per heavy atom. The Kier molecular flexibility index (Phi) is 3.74. The summed E-state index contributed by atoms with van der Waals surface area (Å²) in [6.45, 7) is 0. The van der Waals surface area contributed by atoms with Crippen LogP contribution in [-0.2, 0) is 6.42 Å². The Morgan fingerprint density at radius 2 is 1.95 bits per heavy atom. The van der Waals surface area contributed by atoms with Gasteiger partial charge in [-0.2, -0.15) is 5.26 Å². The molecule has 1 heterocycles. The van der Waals surface area contributed by atoms with E-state index in [0.717, 1.165) is 5.56 Å². The molecule has 0 aliphatic heterocycles. The summed E-state index contributed by atoms with van der Waals surface area (Å²) in [6, 6.07) is 13.4. The molecule has 0 saturated carbocycles. The van der Waals surface area contributed by atoms with Gasteiger partial charge in [0.25, 0.3) is 5.91 Å². The van der Waals surface area contributed by atoms with E-state index in [-0.39, 0.29) is 17.2 Å². The summed E-state index contributed by atoms with van der Waals surface area (Å²) >= 11 is 0. The van der Waals surface area contributed by atoms with Gasteiger partial charge < -0.3 is 10.3 Å². The third-order valence-corrected chi connectivity index (χ3v) is 2.51. The molecule has 0 atom stereocenters. The Bertz CT molecular complexity index is 681. The number of H-pyrrole nitrogens is 1. The zero-order chi connectivity index (χ0) is 13.7. The van der Waals surface area contributed by atoms with Crippen molar-refractivity contribution in [2.75, 3.05) is 5.32 Å². The van der Waals surface area contributed by atoms with Crippen LogP contribution in [0, 0.1) is 11.3 Å². The number of hydrogen-bond acceptors (Lipinski definition) is 3. The molecule has 1 aromatic heterocycles. The molecule has 0 unspecified atom stereocenters. The third-order valence-electron chi connectivity index (χ3n) is 2.51. The maximum atomic E-state index is 11.8. The van der Waals surface area contributed by atoms with E-state index in [1.807, 2.05) is 6.07 Å². The maximum Gasteiger partial charge on any atom is 0.272 e. The molecule has 2 rings (SSSR count). The summed E-state index contributed by atoms with van der Waals surface area (Å²) in [5.41, 5.74) is 1.37. The summed E-state index contributed by atoms with van der Waals surface area (Å²) in [7, 11) is 0. The summed E-state index contributed by atoms with van der Waals surface area (Å²) in [6.07, 6.45) is 0.334. The number of nitrogens with zero attached hydrogens (tertiary/aromatic N) is 1. The molecule has 19 heavy (non-hydrogen) atoms. The van der Waals surface area contributed by atoms with E-state index in [1.54, 1.807) is 24.3 Å². The summed E-state index contributed by atoms with van der Waals surface area (Å²) in [5, 5.41) is 11.2. The van der Waals surface area contributed by atoms with E-state index < -0.39 is 0 Å². The van der Waals surface area contributed by atoms with Gasteiger partial charge in [-0.3, -0.25) is 9.59 Å². The van der Waals surface area contributed by atoms with E-state index in [0.29, 0.717) is 12.1 Å². The van der Waals surface area contributed by atoms with Gasteiger partial charge in [-0.1, -0.05) is 18.2 Å². The van der Waals surface area contributed by atoms with Gasteiger partial charge in [0.2, 0.25) is 5.56 Å². The van der Waals surface area contributed by atoms with Crippen molar-refractivity contribution in [2.24, 2.45) is 0 Å². The van der Waals surface area contributed by atoms with Gasteiger partial charge in [-0.05, 0) is 23.8 Å². The number of aromatic amines is 1. The van der Waals surface area contributed by atoms with Crippen LogP contribution >= 0.6 is 0 Å². The van der Waals surface area contributed by atoms with E-state index in [9.17, 15) is 9.59 Å². The predicted molar refractivity (Wildman–Crippen MR) is 70.8 cm³/mol. The quantitative estimate of drug-likeness (QED) is 0.872. The van der Waals surface area contributed by atoms with E-state index >= 15 is 0 Å². The Morgan fingerprint density at radius 3 is 2.58 bits per heavy atom. The molecule has 0 spiro atoms. The third kappa shape index (κ3) is 3.30. The van der Waals surface area contributed by atoms with E-state index in [2.05, 4.69) is 10.3 Å². The van der Waals surface area contributed by atoms with Crippen molar-refractivity contribution in [2.45, 2.75) is 6.42 Å². The Balaban J connectivity index is 2.11. The summed E-state index contributed by atoms with van der Waals surface area (Å²) in [5.74, 6) is -0.384. The minimum Gasteiger partial charge on any atom is -0.321 e. The average molecular weight is 253 g/mol. The second-order valence-corrected chi connectivity index (χ2v) is 3.91. The first-order valence-electron chi connectivity index (χ1n) is 5.65. The minimum atomic E-state index is -0.384. The van der Waals surface area contributed by atoms with Crippen LogP contribution in [0.5, 0.6) is 0 Å². The second kappa shape index (κ2) is 5.65. The number of carbonyl (C=O) groups is 1. The molecule has 94 valence electrons. The van der Waals surface area contributed by atoms with Crippen molar-refractivity contribution >= 4 is 11.6 Å². The van der Waals surface area contributed by atoms with E-state index in [1.165, 1.54) is 18.2 Å². The summed E-state index contributed by atoms with van der Waals surface area (Å²) < 4.78 is 0. The van der Waals surface area contributed by atoms with Crippen molar-refractivity contribution < 1.29 is 4.79 Å². The number of carbonyl (C=O) groups excluding carboxylic acids is 1. The molecule has 0 radical (unpaired) electrons.